The molecule has 23 heavy (non-hydrogen) atoms. The van der Waals surface area contributed by atoms with Gasteiger partial charge in [-0.05, 0) is 31.9 Å². The number of rotatable bonds is 6. The molecule has 1 aliphatic carbocycles. The molecular formula is C16H22N4O3. The Morgan fingerprint density at radius 1 is 1.48 bits per heavy atom. The van der Waals surface area contributed by atoms with E-state index in [1.807, 2.05) is 6.92 Å². The summed E-state index contributed by atoms with van der Waals surface area (Å²) < 4.78 is 12.5. The van der Waals surface area contributed by atoms with Crippen molar-refractivity contribution in [1.29, 1.82) is 0 Å². The maximum atomic E-state index is 12.3. The lowest BCUT2D eigenvalue weighted by Gasteiger charge is -2.18. The van der Waals surface area contributed by atoms with E-state index in [0.717, 1.165) is 18.7 Å². The Labute approximate surface area is 135 Å². The van der Waals surface area contributed by atoms with E-state index < -0.39 is 0 Å². The van der Waals surface area contributed by atoms with Gasteiger partial charge in [-0.2, -0.15) is 0 Å². The van der Waals surface area contributed by atoms with Crippen LogP contribution in [0, 0.1) is 0 Å². The molecular weight excluding hydrogens is 296 g/mol. The minimum Gasteiger partial charge on any atom is -0.453 e. The molecule has 0 aromatic carbocycles. The van der Waals surface area contributed by atoms with Gasteiger partial charge in [-0.15, -0.1) is 10.2 Å². The Bertz CT molecular complexity index is 658. The van der Waals surface area contributed by atoms with E-state index in [9.17, 15) is 4.79 Å². The van der Waals surface area contributed by atoms with Crippen LogP contribution in [0.4, 0.5) is 0 Å². The lowest BCUT2D eigenvalue weighted by Crippen LogP contribution is -2.29. The summed E-state index contributed by atoms with van der Waals surface area (Å²) in [4.78, 5) is 12.3. The summed E-state index contributed by atoms with van der Waals surface area (Å²) in [6.07, 6.45) is 6.52. The SMILES string of the molecule is COCc1ccc(C(=O)N[C@H](C)c2nncn2C2CCCC2)o1. The second kappa shape index (κ2) is 6.95. The summed E-state index contributed by atoms with van der Waals surface area (Å²) >= 11 is 0. The van der Waals surface area contributed by atoms with Crippen molar-refractivity contribution >= 4 is 5.91 Å². The van der Waals surface area contributed by atoms with Gasteiger partial charge in [0.25, 0.3) is 5.91 Å². The van der Waals surface area contributed by atoms with Crippen molar-refractivity contribution < 1.29 is 13.9 Å². The van der Waals surface area contributed by atoms with Gasteiger partial charge in [-0.1, -0.05) is 12.8 Å². The van der Waals surface area contributed by atoms with E-state index in [1.165, 1.54) is 12.8 Å². The van der Waals surface area contributed by atoms with Crippen LogP contribution in [0.25, 0.3) is 0 Å². The van der Waals surface area contributed by atoms with Gasteiger partial charge in [0.1, 0.15) is 18.7 Å². The summed E-state index contributed by atoms with van der Waals surface area (Å²) in [7, 11) is 1.58. The van der Waals surface area contributed by atoms with Gasteiger partial charge in [0.15, 0.2) is 11.6 Å². The molecule has 0 saturated heterocycles. The van der Waals surface area contributed by atoms with Gasteiger partial charge in [0.05, 0.1) is 6.04 Å². The normalized spacial score (nSPS) is 16.6. The highest BCUT2D eigenvalue weighted by Gasteiger charge is 2.24. The molecule has 3 rings (SSSR count). The standard InChI is InChI=1S/C16H22N4O3/c1-11(15-19-17-10-20(15)12-5-3-4-6-12)18-16(21)14-8-7-13(23-14)9-22-2/h7-8,10-12H,3-6,9H2,1-2H3,(H,18,21)/t11-/m1/s1. The number of carbonyl (C=O) groups excluding carboxylic acids is 1. The topological polar surface area (TPSA) is 82.2 Å². The van der Waals surface area contributed by atoms with Crippen molar-refractivity contribution in [3.05, 3.63) is 35.8 Å². The van der Waals surface area contributed by atoms with E-state index in [4.69, 9.17) is 9.15 Å². The summed E-state index contributed by atoms with van der Waals surface area (Å²) in [6, 6.07) is 3.60. The number of nitrogens with zero attached hydrogens (tertiary/aromatic N) is 3. The predicted octanol–water partition coefficient (Wildman–Crippen LogP) is 2.62. The monoisotopic (exact) mass is 318 g/mol. The number of furan rings is 1. The molecule has 1 amide bonds. The van der Waals surface area contributed by atoms with E-state index in [-0.39, 0.29) is 17.7 Å². The van der Waals surface area contributed by atoms with Crippen LogP contribution in [-0.4, -0.2) is 27.8 Å². The molecule has 7 nitrogen and oxygen atoms in total. The van der Waals surface area contributed by atoms with Gasteiger partial charge in [-0.25, -0.2) is 0 Å². The second-order valence-electron chi connectivity index (χ2n) is 5.93. The first-order valence-corrected chi connectivity index (χ1v) is 7.97. The third kappa shape index (κ3) is 3.44. The molecule has 1 atom stereocenters. The van der Waals surface area contributed by atoms with Crippen molar-refractivity contribution in [1.82, 2.24) is 20.1 Å². The van der Waals surface area contributed by atoms with Crippen molar-refractivity contribution in [3.63, 3.8) is 0 Å². The average molecular weight is 318 g/mol. The zero-order chi connectivity index (χ0) is 16.2. The third-order valence-electron chi connectivity index (χ3n) is 4.23. The summed E-state index contributed by atoms with van der Waals surface area (Å²) in [5, 5.41) is 11.1. The lowest BCUT2D eigenvalue weighted by molar-refractivity contribution is 0.0900. The van der Waals surface area contributed by atoms with Crippen LogP contribution in [-0.2, 0) is 11.3 Å². The molecule has 1 N–H and O–H groups in total. The van der Waals surface area contributed by atoms with Crippen LogP contribution in [0.15, 0.2) is 22.9 Å². The number of amides is 1. The fourth-order valence-electron chi connectivity index (χ4n) is 3.08. The molecule has 2 heterocycles. The second-order valence-corrected chi connectivity index (χ2v) is 5.93. The smallest absolute Gasteiger partial charge is 0.287 e. The third-order valence-corrected chi connectivity index (χ3v) is 4.23. The first kappa shape index (κ1) is 15.7. The first-order valence-electron chi connectivity index (χ1n) is 7.97. The number of carbonyl (C=O) groups is 1. The molecule has 2 aromatic rings. The highest BCUT2D eigenvalue weighted by molar-refractivity contribution is 5.91. The molecule has 0 radical (unpaired) electrons. The number of hydrogen-bond acceptors (Lipinski definition) is 5. The number of hydrogen-bond donors (Lipinski definition) is 1. The Morgan fingerprint density at radius 2 is 2.26 bits per heavy atom. The molecule has 1 aliphatic rings. The largest absolute Gasteiger partial charge is 0.453 e. The van der Waals surface area contributed by atoms with Crippen LogP contribution >= 0.6 is 0 Å². The molecule has 7 heteroatoms. The lowest BCUT2D eigenvalue weighted by atomic mass is 10.2. The molecule has 1 saturated carbocycles. The minimum absolute atomic E-state index is 0.235. The van der Waals surface area contributed by atoms with Crippen LogP contribution in [0.3, 0.4) is 0 Å². The quantitative estimate of drug-likeness (QED) is 0.885. The number of nitrogens with one attached hydrogen (secondary N) is 1. The van der Waals surface area contributed by atoms with Gasteiger partial charge >= 0.3 is 0 Å². The van der Waals surface area contributed by atoms with Crippen LogP contribution in [0.1, 0.15) is 66.8 Å². The molecule has 0 unspecified atom stereocenters. The van der Waals surface area contributed by atoms with Crippen LogP contribution in [0.5, 0.6) is 0 Å². The van der Waals surface area contributed by atoms with Crippen LogP contribution < -0.4 is 5.32 Å². The maximum Gasteiger partial charge on any atom is 0.287 e. The highest BCUT2D eigenvalue weighted by Crippen LogP contribution is 2.31. The summed E-state index contributed by atoms with van der Waals surface area (Å²) in [5.74, 6) is 1.42. The van der Waals surface area contributed by atoms with Gasteiger partial charge in [-0.3, -0.25) is 4.79 Å². The summed E-state index contributed by atoms with van der Waals surface area (Å²) in [6.45, 7) is 2.26. The first-order chi connectivity index (χ1) is 11.2. The van der Waals surface area contributed by atoms with Crippen LogP contribution in [0.2, 0.25) is 0 Å². The minimum atomic E-state index is -0.263. The number of ether oxygens (including phenoxy) is 1. The maximum absolute atomic E-state index is 12.3. The van der Waals surface area contributed by atoms with E-state index in [0.29, 0.717) is 18.4 Å². The molecule has 0 aliphatic heterocycles. The number of methoxy groups -OCH3 is 1. The van der Waals surface area contributed by atoms with Gasteiger partial charge in [0, 0.05) is 13.2 Å². The fraction of sp³-hybridized carbons (Fsp3) is 0.562. The molecule has 0 spiro atoms. The van der Waals surface area contributed by atoms with E-state index >= 15 is 0 Å². The molecule has 2 aromatic heterocycles. The average Bonchev–Trinajstić information content (AvgIpc) is 3.27. The number of aromatic nitrogens is 3. The molecule has 0 bridgehead atoms. The van der Waals surface area contributed by atoms with E-state index in [2.05, 4.69) is 20.1 Å². The van der Waals surface area contributed by atoms with Gasteiger partial charge < -0.3 is 19.0 Å². The fourth-order valence-corrected chi connectivity index (χ4v) is 3.08. The Hall–Kier alpha value is -2.15. The molecule has 124 valence electrons. The van der Waals surface area contributed by atoms with Gasteiger partial charge in [0.2, 0.25) is 0 Å². The van der Waals surface area contributed by atoms with Crippen molar-refractivity contribution in [3.8, 4) is 0 Å². The molecule has 1 fully saturated rings. The van der Waals surface area contributed by atoms with Crippen molar-refractivity contribution in [2.45, 2.75) is 51.3 Å². The Morgan fingerprint density at radius 3 is 3.00 bits per heavy atom. The van der Waals surface area contributed by atoms with Crippen molar-refractivity contribution in [2.24, 2.45) is 0 Å². The summed E-state index contributed by atoms with van der Waals surface area (Å²) in [5.41, 5.74) is 0. The Kier molecular flexibility index (Phi) is 4.76. The van der Waals surface area contributed by atoms with Crippen molar-refractivity contribution in [2.75, 3.05) is 7.11 Å². The van der Waals surface area contributed by atoms with E-state index in [1.54, 1.807) is 25.6 Å². The Balaban J connectivity index is 1.67. The highest BCUT2D eigenvalue weighted by atomic mass is 16.5. The predicted molar refractivity (Wildman–Crippen MR) is 82.8 cm³/mol. The zero-order valence-electron chi connectivity index (χ0n) is 13.5. The zero-order valence-corrected chi connectivity index (χ0v) is 13.5.